The van der Waals surface area contributed by atoms with Crippen LogP contribution >= 0.6 is 15.9 Å². The fraction of sp³-hybridized carbons (Fsp3) is 0.417. The minimum Gasteiger partial charge on any atom is -0.329 e. The molecule has 1 aliphatic heterocycles. The molecule has 2 N–H and O–H groups in total. The third-order valence-corrected chi connectivity index (χ3v) is 3.64. The van der Waals surface area contributed by atoms with Gasteiger partial charge in [0.2, 0.25) is 5.91 Å². The molecule has 1 amide bonds. The van der Waals surface area contributed by atoms with E-state index in [-0.39, 0.29) is 11.9 Å². The van der Waals surface area contributed by atoms with E-state index in [9.17, 15) is 4.79 Å². The minimum atomic E-state index is 0.125. The Labute approximate surface area is 110 Å². The standard InChI is InChI=1S/C12H16BrN3O/c1-15-8-12(17)16(7-11(15)6-14)10-4-2-9(13)3-5-10/h2-5,11H,6-8,14H2,1H3. The van der Waals surface area contributed by atoms with Crippen molar-refractivity contribution in [1.29, 1.82) is 0 Å². The molecule has 1 atom stereocenters. The van der Waals surface area contributed by atoms with E-state index < -0.39 is 0 Å². The number of carbonyl (C=O) groups is 1. The third-order valence-electron chi connectivity index (χ3n) is 3.11. The van der Waals surface area contributed by atoms with Crippen molar-refractivity contribution < 1.29 is 4.79 Å². The smallest absolute Gasteiger partial charge is 0.241 e. The van der Waals surface area contributed by atoms with Crippen molar-refractivity contribution in [2.45, 2.75) is 6.04 Å². The van der Waals surface area contributed by atoms with Gasteiger partial charge in [-0.15, -0.1) is 0 Å². The molecule has 0 aromatic heterocycles. The highest BCUT2D eigenvalue weighted by molar-refractivity contribution is 9.10. The molecule has 1 fully saturated rings. The van der Waals surface area contributed by atoms with Gasteiger partial charge in [-0.05, 0) is 31.3 Å². The number of amides is 1. The van der Waals surface area contributed by atoms with Crippen LogP contribution in [0.4, 0.5) is 5.69 Å². The second-order valence-corrected chi connectivity index (χ2v) is 5.20. The molecular formula is C12H16BrN3O. The van der Waals surface area contributed by atoms with Crippen molar-refractivity contribution in [2.75, 3.05) is 31.6 Å². The molecule has 1 heterocycles. The van der Waals surface area contributed by atoms with Gasteiger partial charge in [-0.25, -0.2) is 0 Å². The zero-order chi connectivity index (χ0) is 12.4. The molecule has 0 aliphatic carbocycles. The van der Waals surface area contributed by atoms with Gasteiger partial charge in [-0.3, -0.25) is 9.69 Å². The third kappa shape index (κ3) is 2.68. The molecular weight excluding hydrogens is 282 g/mol. The van der Waals surface area contributed by atoms with Gasteiger partial charge in [-0.1, -0.05) is 15.9 Å². The number of hydrogen-bond donors (Lipinski definition) is 1. The van der Waals surface area contributed by atoms with Gasteiger partial charge in [0, 0.05) is 29.3 Å². The molecule has 0 spiro atoms. The Morgan fingerprint density at radius 3 is 2.65 bits per heavy atom. The SMILES string of the molecule is CN1CC(=O)N(c2ccc(Br)cc2)CC1CN. The van der Waals surface area contributed by atoms with Crippen LogP contribution in [0.2, 0.25) is 0 Å². The number of halogens is 1. The van der Waals surface area contributed by atoms with E-state index in [1.54, 1.807) is 0 Å². The van der Waals surface area contributed by atoms with Crippen LogP contribution in [0.5, 0.6) is 0 Å². The van der Waals surface area contributed by atoms with Crippen molar-refractivity contribution in [3.63, 3.8) is 0 Å². The van der Waals surface area contributed by atoms with E-state index in [0.29, 0.717) is 19.6 Å². The molecule has 1 aliphatic rings. The van der Waals surface area contributed by atoms with Crippen molar-refractivity contribution in [1.82, 2.24) is 4.90 Å². The molecule has 0 bridgehead atoms. The summed E-state index contributed by atoms with van der Waals surface area (Å²) < 4.78 is 1.01. The van der Waals surface area contributed by atoms with Gasteiger partial charge in [-0.2, -0.15) is 0 Å². The van der Waals surface area contributed by atoms with Crippen LogP contribution in [0.15, 0.2) is 28.7 Å². The summed E-state index contributed by atoms with van der Waals surface area (Å²) in [6.45, 7) is 1.65. The summed E-state index contributed by atoms with van der Waals surface area (Å²) in [5, 5.41) is 0. The number of rotatable bonds is 2. The molecule has 1 aromatic rings. The van der Waals surface area contributed by atoms with E-state index in [0.717, 1.165) is 10.2 Å². The van der Waals surface area contributed by atoms with E-state index in [2.05, 4.69) is 15.9 Å². The predicted octanol–water partition coefficient (Wildman–Crippen LogP) is 1.05. The predicted molar refractivity (Wildman–Crippen MR) is 72.0 cm³/mol. The van der Waals surface area contributed by atoms with Crippen molar-refractivity contribution in [3.05, 3.63) is 28.7 Å². The summed E-state index contributed by atoms with van der Waals surface area (Å²) in [6, 6.07) is 8.01. The lowest BCUT2D eigenvalue weighted by Gasteiger charge is -2.38. The van der Waals surface area contributed by atoms with Crippen molar-refractivity contribution >= 4 is 27.5 Å². The average Bonchev–Trinajstić information content (AvgIpc) is 2.31. The van der Waals surface area contributed by atoms with Gasteiger partial charge < -0.3 is 10.6 Å². The monoisotopic (exact) mass is 297 g/mol. The van der Waals surface area contributed by atoms with Crippen LogP contribution in [0.3, 0.4) is 0 Å². The Hall–Kier alpha value is -0.910. The van der Waals surface area contributed by atoms with E-state index in [1.165, 1.54) is 0 Å². The number of carbonyl (C=O) groups excluding carboxylic acids is 1. The Kier molecular flexibility index (Phi) is 3.81. The average molecular weight is 298 g/mol. The fourth-order valence-corrected chi connectivity index (χ4v) is 2.27. The first-order valence-corrected chi connectivity index (χ1v) is 6.37. The second kappa shape index (κ2) is 5.16. The van der Waals surface area contributed by atoms with Crippen LogP contribution in [-0.4, -0.2) is 43.5 Å². The van der Waals surface area contributed by atoms with E-state index in [4.69, 9.17) is 5.73 Å². The van der Waals surface area contributed by atoms with Gasteiger partial charge in [0.15, 0.2) is 0 Å². The second-order valence-electron chi connectivity index (χ2n) is 4.29. The molecule has 2 rings (SSSR count). The first-order valence-electron chi connectivity index (χ1n) is 5.58. The Balaban J connectivity index is 2.20. The van der Waals surface area contributed by atoms with Crippen LogP contribution in [0.1, 0.15) is 0 Å². The zero-order valence-electron chi connectivity index (χ0n) is 9.77. The highest BCUT2D eigenvalue weighted by atomic mass is 79.9. The van der Waals surface area contributed by atoms with Gasteiger partial charge in [0.05, 0.1) is 6.54 Å². The van der Waals surface area contributed by atoms with Crippen LogP contribution in [0, 0.1) is 0 Å². The lowest BCUT2D eigenvalue weighted by molar-refractivity contribution is -0.121. The molecule has 1 aromatic carbocycles. The van der Waals surface area contributed by atoms with E-state index >= 15 is 0 Å². The molecule has 5 heteroatoms. The normalized spacial score (nSPS) is 21.9. The maximum Gasteiger partial charge on any atom is 0.241 e. The quantitative estimate of drug-likeness (QED) is 0.888. The molecule has 4 nitrogen and oxygen atoms in total. The summed E-state index contributed by atoms with van der Waals surface area (Å²) in [7, 11) is 1.94. The minimum absolute atomic E-state index is 0.125. The first kappa shape index (κ1) is 12.5. The lowest BCUT2D eigenvalue weighted by atomic mass is 10.1. The summed E-state index contributed by atoms with van der Waals surface area (Å²) in [5.74, 6) is 0.125. The van der Waals surface area contributed by atoms with Crippen LogP contribution in [0.25, 0.3) is 0 Å². The highest BCUT2D eigenvalue weighted by Crippen LogP contribution is 2.21. The zero-order valence-corrected chi connectivity index (χ0v) is 11.4. The largest absolute Gasteiger partial charge is 0.329 e. The van der Waals surface area contributed by atoms with E-state index in [1.807, 2.05) is 41.1 Å². The number of nitrogens with two attached hydrogens (primary N) is 1. The van der Waals surface area contributed by atoms with Gasteiger partial charge >= 0.3 is 0 Å². The Bertz CT molecular complexity index is 407. The lowest BCUT2D eigenvalue weighted by Crippen LogP contribution is -2.57. The van der Waals surface area contributed by atoms with Crippen molar-refractivity contribution in [2.24, 2.45) is 5.73 Å². The van der Waals surface area contributed by atoms with Crippen molar-refractivity contribution in [3.8, 4) is 0 Å². The molecule has 17 heavy (non-hydrogen) atoms. The number of nitrogens with zero attached hydrogens (tertiary/aromatic N) is 2. The molecule has 0 saturated carbocycles. The maximum absolute atomic E-state index is 12.0. The molecule has 1 unspecified atom stereocenters. The van der Waals surface area contributed by atoms with Gasteiger partial charge in [0.1, 0.15) is 0 Å². The Morgan fingerprint density at radius 2 is 2.06 bits per heavy atom. The summed E-state index contributed by atoms with van der Waals surface area (Å²) in [5.41, 5.74) is 6.65. The summed E-state index contributed by atoms with van der Waals surface area (Å²) in [6.07, 6.45) is 0. The molecule has 92 valence electrons. The molecule has 1 saturated heterocycles. The summed E-state index contributed by atoms with van der Waals surface area (Å²) >= 11 is 3.39. The topological polar surface area (TPSA) is 49.6 Å². The fourth-order valence-electron chi connectivity index (χ4n) is 2.00. The van der Waals surface area contributed by atoms with Crippen LogP contribution in [-0.2, 0) is 4.79 Å². The Morgan fingerprint density at radius 1 is 1.41 bits per heavy atom. The van der Waals surface area contributed by atoms with Gasteiger partial charge in [0.25, 0.3) is 0 Å². The highest BCUT2D eigenvalue weighted by Gasteiger charge is 2.29. The number of hydrogen-bond acceptors (Lipinski definition) is 3. The maximum atomic E-state index is 12.0. The first-order chi connectivity index (χ1) is 8.11. The van der Waals surface area contributed by atoms with Crippen LogP contribution < -0.4 is 10.6 Å². The number of anilines is 1. The number of piperazine rings is 1. The number of likely N-dealkylation sites (N-methyl/N-ethyl adjacent to an activating group) is 1. The number of benzene rings is 1. The molecule has 0 radical (unpaired) electrons. The summed E-state index contributed by atoms with van der Waals surface area (Å²) in [4.78, 5) is 15.8.